The first-order chi connectivity index (χ1) is 10.7. The third-order valence-electron chi connectivity index (χ3n) is 2.96. The largest absolute Gasteiger partial charge is 0.494 e. The maximum atomic E-state index is 11.6. The zero-order valence-corrected chi connectivity index (χ0v) is 13.2. The molecule has 0 radical (unpaired) electrons. The van der Waals surface area contributed by atoms with E-state index in [1.54, 1.807) is 6.21 Å². The van der Waals surface area contributed by atoms with Crippen LogP contribution in [0.25, 0.3) is 0 Å². The lowest BCUT2D eigenvalue weighted by molar-refractivity contribution is 0.306. The molecule has 2 rings (SSSR count). The summed E-state index contributed by atoms with van der Waals surface area (Å²) < 4.78 is 6.87. The Hall–Kier alpha value is -2.28. The van der Waals surface area contributed by atoms with E-state index in [1.807, 2.05) is 24.3 Å². The molecular weight excluding hydrogens is 300 g/mol. The molecule has 7 heteroatoms. The van der Waals surface area contributed by atoms with Gasteiger partial charge >= 0.3 is 0 Å². The van der Waals surface area contributed by atoms with Crippen molar-refractivity contribution < 1.29 is 4.74 Å². The second-order valence-corrected chi connectivity index (χ2v) is 5.08. The highest BCUT2D eigenvalue weighted by Gasteiger charge is 1.96. The van der Waals surface area contributed by atoms with Crippen molar-refractivity contribution in [3.8, 4) is 5.75 Å². The Bertz CT molecular complexity index is 706. The van der Waals surface area contributed by atoms with Gasteiger partial charge in [0.05, 0.1) is 12.8 Å². The number of H-pyrrole nitrogens is 1. The lowest BCUT2D eigenvalue weighted by atomic mass is 10.2. The van der Waals surface area contributed by atoms with Crippen molar-refractivity contribution in [2.75, 3.05) is 6.61 Å². The van der Waals surface area contributed by atoms with Gasteiger partial charge in [-0.15, -0.1) is 0 Å². The van der Waals surface area contributed by atoms with E-state index in [9.17, 15) is 4.79 Å². The van der Waals surface area contributed by atoms with E-state index in [0.29, 0.717) is 0 Å². The van der Waals surface area contributed by atoms with Crippen LogP contribution in [0.15, 0.2) is 40.4 Å². The summed E-state index contributed by atoms with van der Waals surface area (Å²) in [5, 5.41) is 10.2. The SMILES string of the molecule is CCCCCOc1ccc(/C=N/n2c(=O)cn[nH]c2=S)cc1. The van der Waals surface area contributed by atoms with Gasteiger partial charge in [-0.3, -0.25) is 9.89 Å². The normalized spacial score (nSPS) is 11.0. The monoisotopic (exact) mass is 318 g/mol. The highest BCUT2D eigenvalue weighted by Crippen LogP contribution is 2.12. The molecule has 2 aromatic rings. The summed E-state index contributed by atoms with van der Waals surface area (Å²) in [4.78, 5) is 11.6. The Balaban J connectivity index is 2.00. The highest BCUT2D eigenvalue weighted by atomic mass is 32.1. The van der Waals surface area contributed by atoms with Crippen LogP contribution in [0.1, 0.15) is 31.7 Å². The number of nitrogens with zero attached hydrogens (tertiary/aromatic N) is 3. The number of rotatable bonds is 7. The Labute approximate surface area is 133 Å². The maximum absolute atomic E-state index is 11.6. The maximum Gasteiger partial charge on any atom is 0.293 e. The first-order valence-electron chi connectivity index (χ1n) is 7.14. The standard InChI is InChI=1S/C15H18N4O2S/c1-2-3-4-9-21-13-7-5-12(6-8-13)10-17-19-14(20)11-16-18-15(19)22/h5-8,10-11H,2-4,9H2,1H3,(H,18,22)/b17-10+. The molecule has 22 heavy (non-hydrogen) atoms. The average Bonchev–Trinajstić information content (AvgIpc) is 2.52. The van der Waals surface area contributed by atoms with E-state index in [4.69, 9.17) is 17.0 Å². The molecule has 6 nitrogen and oxygen atoms in total. The molecule has 0 aliphatic heterocycles. The number of benzene rings is 1. The number of nitrogens with one attached hydrogen (secondary N) is 1. The van der Waals surface area contributed by atoms with Crippen molar-refractivity contribution in [3.63, 3.8) is 0 Å². The summed E-state index contributed by atoms with van der Waals surface area (Å²) >= 11 is 4.96. The smallest absolute Gasteiger partial charge is 0.293 e. The predicted octanol–water partition coefficient (Wildman–Crippen LogP) is 2.75. The topological polar surface area (TPSA) is 72.3 Å². The Morgan fingerprint density at radius 2 is 2.14 bits per heavy atom. The van der Waals surface area contributed by atoms with Gasteiger partial charge in [0.25, 0.3) is 5.56 Å². The molecule has 1 aromatic carbocycles. The number of hydrogen-bond donors (Lipinski definition) is 1. The zero-order chi connectivity index (χ0) is 15.8. The van der Waals surface area contributed by atoms with Crippen LogP contribution in [-0.2, 0) is 0 Å². The van der Waals surface area contributed by atoms with Crippen LogP contribution in [-0.4, -0.2) is 27.7 Å². The number of aromatic nitrogens is 3. The van der Waals surface area contributed by atoms with Gasteiger partial charge in [0.2, 0.25) is 4.77 Å². The van der Waals surface area contributed by atoms with Crippen LogP contribution >= 0.6 is 12.2 Å². The minimum atomic E-state index is -0.379. The van der Waals surface area contributed by atoms with E-state index < -0.39 is 0 Å². The van der Waals surface area contributed by atoms with Crippen LogP contribution in [0, 0.1) is 4.77 Å². The third kappa shape index (κ3) is 4.63. The van der Waals surface area contributed by atoms with E-state index in [2.05, 4.69) is 22.2 Å². The van der Waals surface area contributed by atoms with Crippen LogP contribution in [0.3, 0.4) is 0 Å². The molecule has 1 aromatic heterocycles. The van der Waals surface area contributed by atoms with Gasteiger partial charge in [0.1, 0.15) is 11.9 Å². The van der Waals surface area contributed by atoms with Gasteiger partial charge in [0.15, 0.2) is 0 Å². The molecule has 0 unspecified atom stereocenters. The van der Waals surface area contributed by atoms with Crippen LogP contribution < -0.4 is 10.3 Å². The Morgan fingerprint density at radius 3 is 2.82 bits per heavy atom. The molecule has 0 fully saturated rings. The quantitative estimate of drug-likeness (QED) is 0.484. The molecule has 0 spiro atoms. The van der Waals surface area contributed by atoms with E-state index in [0.717, 1.165) is 35.2 Å². The molecular formula is C15H18N4O2S. The van der Waals surface area contributed by atoms with E-state index >= 15 is 0 Å². The number of hydrogen-bond acceptors (Lipinski definition) is 5. The fourth-order valence-electron chi connectivity index (χ4n) is 1.77. The Kier molecular flexibility index (Phi) is 6.02. The first-order valence-corrected chi connectivity index (χ1v) is 7.55. The minimum Gasteiger partial charge on any atom is -0.494 e. The summed E-state index contributed by atoms with van der Waals surface area (Å²) in [5.74, 6) is 0.826. The molecule has 0 bridgehead atoms. The summed E-state index contributed by atoms with van der Waals surface area (Å²) in [6.45, 7) is 2.89. The summed E-state index contributed by atoms with van der Waals surface area (Å²) in [6.07, 6.45) is 6.09. The lowest BCUT2D eigenvalue weighted by Gasteiger charge is -2.05. The molecule has 0 aliphatic rings. The first kappa shape index (κ1) is 16.1. The second-order valence-electron chi connectivity index (χ2n) is 4.69. The van der Waals surface area contributed by atoms with Gasteiger partial charge < -0.3 is 4.74 Å². The van der Waals surface area contributed by atoms with Crippen LogP contribution in [0.4, 0.5) is 0 Å². The van der Waals surface area contributed by atoms with Gasteiger partial charge in [-0.25, -0.2) is 0 Å². The fraction of sp³-hybridized carbons (Fsp3) is 0.333. The van der Waals surface area contributed by atoms with Gasteiger partial charge in [-0.2, -0.15) is 14.9 Å². The number of unbranched alkanes of at least 4 members (excludes halogenated alkanes) is 2. The summed E-state index contributed by atoms with van der Waals surface area (Å²) in [5.41, 5.74) is 0.467. The molecule has 0 amide bonds. The lowest BCUT2D eigenvalue weighted by Crippen LogP contribution is -2.18. The van der Waals surface area contributed by atoms with E-state index in [-0.39, 0.29) is 10.3 Å². The molecule has 0 saturated carbocycles. The van der Waals surface area contributed by atoms with Gasteiger partial charge in [-0.1, -0.05) is 19.8 Å². The van der Waals surface area contributed by atoms with Crippen molar-refractivity contribution in [2.45, 2.75) is 26.2 Å². The van der Waals surface area contributed by atoms with E-state index in [1.165, 1.54) is 12.8 Å². The Morgan fingerprint density at radius 1 is 1.36 bits per heavy atom. The molecule has 1 heterocycles. The predicted molar refractivity (Wildman–Crippen MR) is 88.1 cm³/mol. The minimum absolute atomic E-state index is 0.152. The zero-order valence-electron chi connectivity index (χ0n) is 12.4. The van der Waals surface area contributed by atoms with Crippen LogP contribution in [0.5, 0.6) is 5.75 Å². The summed E-state index contributed by atoms with van der Waals surface area (Å²) in [6, 6.07) is 7.50. The second kappa shape index (κ2) is 8.23. The molecule has 116 valence electrons. The highest BCUT2D eigenvalue weighted by molar-refractivity contribution is 7.71. The van der Waals surface area contributed by atoms with Crippen molar-refractivity contribution in [2.24, 2.45) is 5.10 Å². The molecule has 0 saturated heterocycles. The third-order valence-corrected chi connectivity index (χ3v) is 3.22. The van der Waals surface area contributed by atoms with Gasteiger partial charge in [0, 0.05) is 0 Å². The van der Waals surface area contributed by atoms with Crippen molar-refractivity contribution in [3.05, 3.63) is 51.2 Å². The molecule has 0 aliphatic carbocycles. The van der Waals surface area contributed by atoms with Crippen molar-refractivity contribution in [1.29, 1.82) is 0 Å². The fourth-order valence-corrected chi connectivity index (χ4v) is 1.96. The van der Waals surface area contributed by atoms with Crippen molar-refractivity contribution >= 4 is 18.4 Å². The van der Waals surface area contributed by atoms with Crippen molar-refractivity contribution in [1.82, 2.24) is 14.9 Å². The number of aromatic amines is 1. The molecule has 0 atom stereocenters. The number of ether oxygens (including phenoxy) is 1. The molecule has 1 N–H and O–H groups in total. The summed E-state index contributed by atoms with van der Waals surface area (Å²) in [7, 11) is 0. The van der Waals surface area contributed by atoms with Crippen LogP contribution in [0.2, 0.25) is 0 Å². The van der Waals surface area contributed by atoms with Gasteiger partial charge in [-0.05, 0) is 48.5 Å². The average molecular weight is 318 g/mol.